The summed E-state index contributed by atoms with van der Waals surface area (Å²) in [5.41, 5.74) is 6.07. The van der Waals surface area contributed by atoms with Gasteiger partial charge in [-0.25, -0.2) is 0 Å². The normalized spacial score (nSPS) is 18.1. The molecule has 4 heteroatoms. The minimum atomic E-state index is -4.26. The molecular formula is C13H16F3N. The number of benzene rings is 1. The summed E-state index contributed by atoms with van der Waals surface area (Å²) in [7, 11) is 0. The molecule has 1 aliphatic rings. The predicted octanol–water partition coefficient (Wildman–Crippen LogP) is 3.38. The molecule has 1 atom stereocenters. The Hall–Kier alpha value is -1.03. The Balaban J connectivity index is 1.96. The molecule has 1 aromatic carbocycles. The number of rotatable bonds is 4. The van der Waals surface area contributed by atoms with E-state index in [0.717, 1.165) is 18.1 Å². The first-order valence-corrected chi connectivity index (χ1v) is 5.88. The summed E-state index contributed by atoms with van der Waals surface area (Å²) in [4.78, 5) is 0. The Kier molecular flexibility index (Phi) is 3.43. The molecule has 17 heavy (non-hydrogen) atoms. The van der Waals surface area contributed by atoms with E-state index in [1.165, 1.54) is 25.0 Å². The third-order valence-corrected chi connectivity index (χ3v) is 3.25. The van der Waals surface area contributed by atoms with Gasteiger partial charge in [-0.3, -0.25) is 0 Å². The molecule has 1 unspecified atom stereocenters. The van der Waals surface area contributed by atoms with Gasteiger partial charge < -0.3 is 5.73 Å². The number of hydrogen-bond acceptors (Lipinski definition) is 1. The van der Waals surface area contributed by atoms with Crippen molar-refractivity contribution in [1.82, 2.24) is 0 Å². The summed E-state index contributed by atoms with van der Waals surface area (Å²) in [6.07, 6.45) is -0.518. The summed E-state index contributed by atoms with van der Waals surface area (Å²) < 4.78 is 37.4. The van der Waals surface area contributed by atoms with E-state index in [1.807, 2.05) is 0 Å². The van der Waals surface area contributed by atoms with E-state index < -0.39 is 11.7 Å². The first-order chi connectivity index (χ1) is 7.97. The highest BCUT2D eigenvalue weighted by atomic mass is 19.4. The summed E-state index contributed by atoms with van der Waals surface area (Å²) in [6.45, 7) is 0. The lowest BCUT2D eigenvalue weighted by molar-refractivity contribution is -0.137. The molecule has 0 aromatic heterocycles. The Morgan fingerprint density at radius 2 is 2.00 bits per heavy atom. The zero-order valence-corrected chi connectivity index (χ0v) is 9.50. The van der Waals surface area contributed by atoms with Crippen LogP contribution in [0.15, 0.2) is 24.3 Å². The van der Waals surface area contributed by atoms with E-state index in [0.29, 0.717) is 12.3 Å². The largest absolute Gasteiger partial charge is 0.416 e. The van der Waals surface area contributed by atoms with Crippen molar-refractivity contribution in [2.24, 2.45) is 11.7 Å². The lowest BCUT2D eigenvalue weighted by Gasteiger charge is -2.11. The van der Waals surface area contributed by atoms with Gasteiger partial charge in [-0.1, -0.05) is 18.2 Å². The number of aryl methyl sites for hydroxylation is 1. The van der Waals surface area contributed by atoms with Gasteiger partial charge in [-0.2, -0.15) is 13.2 Å². The number of nitrogens with two attached hydrogens (primary N) is 1. The molecule has 0 amide bonds. The predicted molar refractivity (Wildman–Crippen MR) is 60.5 cm³/mol. The van der Waals surface area contributed by atoms with Crippen LogP contribution >= 0.6 is 0 Å². The SMILES string of the molecule is NC(CCc1cccc(C(F)(F)F)c1)C1CC1. The maximum Gasteiger partial charge on any atom is 0.416 e. The van der Waals surface area contributed by atoms with Crippen molar-refractivity contribution >= 4 is 0 Å². The minimum Gasteiger partial charge on any atom is -0.327 e. The Bertz CT molecular complexity index is 382. The monoisotopic (exact) mass is 243 g/mol. The highest BCUT2D eigenvalue weighted by molar-refractivity contribution is 5.25. The fourth-order valence-corrected chi connectivity index (χ4v) is 2.00. The maximum atomic E-state index is 12.5. The van der Waals surface area contributed by atoms with Crippen LogP contribution in [0.4, 0.5) is 13.2 Å². The molecule has 1 fully saturated rings. The quantitative estimate of drug-likeness (QED) is 0.862. The zero-order chi connectivity index (χ0) is 12.5. The molecular weight excluding hydrogens is 227 g/mol. The molecule has 0 radical (unpaired) electrons. The number of alkyl halides is 3. The van der Waals surface area contributed by atoms with Crippen LogP contribution < -0.4 is 5.73 Å². The standard InChI is InChI=1S/C13H16F3N/c14-13(15,16)11-3-1-2-9(8-11)4-7-12(17)10-5-6-10/h1-3,8,10,12H,4-7,17H2. The third kappa shape index (κ3) is 3.46. The zero-order valence-electron chi connectivity index (χ0n) is 9.50. The molecule has 2 N–H and O–H groups in total. The van der Waals surface area contributed by atoms with Gasteiger partial charge in [0.1, 0.15) is 0 Å². The lowest BCUT2D eigenvalue weighted by Crippen LogP contribution is -2.22. The van der Waals surface area contributed by atoms with E-state index in [-0.39, 0.29) is 6.04 Å². The van der Waals surface area contributed by atoms with E-state index in [9.17, 15) is 13.2 Å². The van der Waals surface area contributed by atoms with Crippen molar-refractivity contribution in [2.45, 2.75) is 37.9 Å². The van der Waals surface area contributed by atoms with Crippen LogP contribution in [0.1, 0.15) is 30.4 Å². The summed E-state index contributed by atoms with van der Waals surface area (Å²) in [6, 6.07) is 5.66. The molecule has 1 nitrogen and oxygen atoms in total. The Labute approximate surface area is 98.8 Å². The van der Waals surface area contributed by atoms with Crippen molar-refractivity contribution in [3.8, 4) is 0 Å². The van der Waals surface area contributed by atoms with Gasteiger partial charge >= 0.3 is 6.18 Å². The van der Waals surface area contributed by atoms with Crippen molar-refractivity contribution in [1.29, 1.82) is 0 Å². The van der Waals surface area contributed by atoms with Gasteiger partial charge in [0.25, 0.3) is 0 Å². The molecule has 0 bridgehead atoms. The van der Waals surface area contributed by atoms with Crippen LogP contribution in [-0.4, -0.2) is 6.04 Å². The number of hydrogen-bond donors (Lipinski definition) is 1. The van der Waals surface area contributed by atoms with Crippen LogP contribution in [0.5, 0.6) is 0 Å². The van der Waals surface area contributed by atoms with Crippen molar-refractivity contribution < 1.29 is 13.2 Å². The minimum absolute atomic E-state index is 0.143. The molecule has 1 saturated carbocycles. The van der Waals surface area contributed by atoms with Gasteiger partial charge in [-0.05, 0) is 43.2 Å². The summed E-state index contributed by atoms with van der Waals surface area (Å²) >= 11 is 0. The van der Waals surface area contributed by atoms with Gasteiger partial charge in [0.15, 0.2) is 0 Å². The average molecular weight is 243 g/mol. The molecule has 0 saturated heterocycles. The van der Waals surface area contributed by atoms with Crippen LogP contribution in [-0.2, 0) is 12.6 Å². The summed E-state index contributed by atoms with van der Waals surface area (Å²) in [5.74, 6) is 0.598. The first kappa shape index (κ1) is 12.4. The molecule has 0 aliphatic heterocycles. The van der Waals surface area contributed by atoms with Crippen LogP contribution in [0.3, 0.4) is 0 Å². The van der Waals surface area contributed by atoms with E-state index in [4.69, 9.17) is 5.73 Å². The molecule has 1 aromatic rings. The average Bonchev–Trinajstić information content (AvgIpc) is 3.09. The van der Waals surface area contributed by atoms with Crippen LogP contribution in [0.2, 0.25) is 0 Å². The number of halogens is 3. The lowest BCUT2D eigenvalue weighted by atomic mass is 10.0. The van der Waals surface area contributed by atoms with E-state index >= 15 is 0 Å². The molecule has 1 aliphatic carbocycles. The second kappa shape index (κ2) is 4.69. The van der Waals surface area contributed by atoms with Crippen molar-refractivity contribution in [3.63, 3.8) is 0 Å². The summed E-state index contributed by atoms with van der Waals surface area (Å²) in [5, 5.41) is 0. The van der Waals surface area contributed by atoms with Gasteiger partial charge in [0.05, 0.1) is 5.56 Å². The van der Waals surface area contributed by atoms with Crippen molar-refractivity contribution in [3.05, 3.63) is 35.4 Å². The van der Waals surface area contributed by atoms with Crippen LogP contribution in [0, 0.1) is 5.92 Å². The smallest absolute Gasteiger partial charge is 0.327 e. The van der Waals surface area contributed by atoms with Gasteiger partial charge in [0.2, 0.25) is 0 Å². The Morgan fingerprint density at radius 1 is 1.29 bits per heavy atom. The topological polar surface area (TPSA) is 26.0 Å². The van der Waals surface area contributed by atoms with Gasteiger partial charge in [-0.15, -0.1) is 0 Å². The molecule has 94 valence electrons. The molecule has 0 spiro atoms. The molecule has 0 heterocycles. The third-order valence-electron chi connectivity index (χ3n) is 3.25. The fourth-order valence-electron chi connectivity index (χ4n) is 2.00. The van der Waals surface area contributed by atoms with E-state index in [1.54, 1.807) is 6.07 Å². The highest BCUT2D eigenvalue weighted by Gasteiger charge is 2.31. The molecule has 2 rings (SSSR count). The van der Waals surface area contributed by atoms with Crippen LogP contribution in [0.25, 0.3) is 0 Å². The second-order valence-corrected chi connectivity index (χ2v) is 4.74. The second-order valence-electron chi connectivity index (χ2n) is 4.74. The highest BCUT2D eigenvalue weighted by Crippen LogP contribution is 2.34. The van der Waals surface area contributed by atoms with Gasteiger partial charge in [0, 0.05) is 6.04 Å². The maximum absolute atomic E-state index is 12.5. The fraction of sp³-hybridized carbons (Fsp3) is 0.538. The van der Waals surface area contributed by atoms with Crippen molar-refractivity contribution in [2.75, 3.05) is 0 Å². The van der Waals surface area contributed by atoms with E-state index in [2.05, 4.69) is 0 Å². The first-order valence-electron chi connectivity index (χ1n) is 5.88. The Morgan fingerprint density at radius 3 is 2.59 bits per heavy atom.